The van der Waals surface area contributed by atoms with Crippen molar-refractivity contribution in [3.8, 4) is 23.0 Å². The Labute approximate surface area is 168 Å². The summed E-state index contributed by atoms with van der Waals surface area (Å²) in [5, 5.41) is 0. The van der Waals surface area contributed by atoms with Gasteiger partial charge in [-0.1, -0.05) is 0 Å². The molecule has 2 aromatic carbocycles. The molecule has 2 aromatic rings. The van der Waals surface area contributed by atoms with E-state index in [0.717, 1.165) is 34.1 Å². The third-order valence-corrected chi connectivity index (χ3v) is 5.93. The smallest absolute Gasteiger partial charge is 0.233 e. The van der Waals surface area contributed by atoms with Gasteiger partial charge in [0.25, 0.3) is 0 Å². The molecule has 6 nitrogen and oxygen atoms in total. The fourth-order valence-electron chi connectivity index (χ4n) is 3.45. The Hall–Kier alpha value is -2.54. The minimum atomic E-state index is 0.125. The Bertz CT molecular complexity index is 885. The minimum Gasteiger partial charge on any atom is -0.493 e. The highest BCUT2D eigenvalue weighted by Gasteiger charge is 2.23. The molecule has 0 N–H and O–H groups in total. The molecule has 28 heavy (non-hydrogen) atoms. The summed E-state index contributed by atoms with van der Waals surface area (Å²) in [6.45, 7) is 2.44. The Morgan fingerprint density at radius 3 is 2.50 bits per heavy atom. The number of ether oxygens (including phenoxy) is 4. The molecule has 7 heteroatoms. The molecule has 0 unspecified atom stereocenters. The normalized spacial score (nSPS) is 15.0. The maximum absolute atomic E-state index is 12.7. The number of carbonyl (C=O) groups excluding carboxylic acids is 1. The lowest BCUT2D eigenvalue weighted by molar-refractivity contribution is -0.129. The standard InChI is InChI=1S/C21H23NO5S/c1-24-18-9-14-5-6-22(12-15(14)10-19(18)25-2)21(23)13-28-16-3-4-17-20(11-16)27-8-7-26-17/h3-4,9-11H,5-8,12-13H2,1-2H3. The first kappa shape index (κ1) is 18.8. The number of hydrogen-bond donors (Lipinski definition) is 0. The van der Waals surface area contributed by atoms with Gasteiger partial charge in [0.1, 0.15) is 13.2 Å². The maximum atomic E-state index is 12.7. The maximum Gasteiger partial charge on any atom is 0.233 e. The van der Waals surface area contributed by atoms with Crippen molar-refractivity contribution in [1.29, 1.82) is 0 Å². The summed E-state index contributed by atoms with van der Waals surface area (Å²) in [5.41, 5.74) is 2.32. The van der Waals surface area contributed by atoms with E-state index in [4.69, 9.17) is 18.9 Å². The topological polar surface area (TPSA) is 57.2 Å². The molecule has 0 saturated heterocycles. The van der Waals surface area contributed by atoms with Gasteiger partial charge in [0.2, 0.25) is 5.91 Å². The SMILES string of the molecule is COc1cc2c(cc1OC)CN(C(=O)CSc1ccc3c(c1)OCCO3)CC2. The number of methoxy groups -OCH3 is 2. The van der Waals surface area contributed by atoms with Gasteiger partial charge >= 0.3 is 0 Å². The van der Waals surface area contributed by atoms with Crippen LogP contribution in [0.1, 0.15) is 11.1 Å². The van der Waals surface area contributed by atoms with E-state index in [1.165, 1.54) is 17.3 Å². The summed E-state index contributed by atoms with van der Waals surface area (Å²) < 4.78 is 21.9. The fraction of sp³-hybridized carbons (Fsp3) is 0.381. The van der Waals surface area contributed by atoms with Gasteiger partial charge < -0.3 is 23.8 Å². The van der Waals surface area contributed by atoms with Gasteiger partial charge in [0.05, 0.1) is 20.0 Å². The summed E-state index contributed by atoms with van der Waals surface area (Å²) in [6.07, 6.45) is 0.816. The highest BCUT2D eigenvalue weighted by molar-refractivity contribution is 8.00. The lowest BCUT2D eigenvalue weighted by atomic mass is 9.99. The zero-order chi connectivity index (χ0) is 19.5. The number of fused-ring (bicyclic) bond motifs is 2. The minimum absolute atomic E-state index is 0.125. The molecule has 0 fully saturated rings. The second-order valence-electron chi connectivity index (χ2n) is 6.64. The summed E-state index contributed by atoms with van der Waals surface area (Å²) in [4.78, 5) is 15.6. The number of rotatable bonds is 5. The van der Waals surface area contributed by atoms with E-state index in [0.29, 0.717) is 37.8 Å². The van der Waals surface area contributed by atoms with Crippen LogP contribution in [0.5, 0.6) is 23.0 Å². The van der Waals surface area contributed by atoms with Crippen LogP contribution in [0.25, 0.3) is 0 Å². The summed E-state index contributed by atoms with van der Waals surface area (Å²) in [6, 6.07) is 9.79. The van der Waals surface area contributed by atoms with E-state index in [1.54, 1.807) is 14.2 Å². The number of thioether (sulfide) groups is 1. The van der Waals surface area contributed by atoms with E-state index in [9.17, 15) is 4.79 Å². The molecule has 0 spiro atoms. The van der Waals surface area contributed by atoms with Crippen molar-refractivity contribution in [2.75, 3.05) is 39.7 Å². The van der Waals surface area contributed by atoms with E-state index in [2.05, 4.69) is 0 Å². The fourth-order valence-corrected chi connectivity index (χ4v) is 4.27. The molecule has 0 atom stereocenters. The highest BCUT2D eigenvalue weighted by atomic mass is 32.2. The van der Waals surface area contributed by atoms with Crippen LogP contribution in [0.2, 0.25) is 0 Å². The number of amides is 1. The average Bonchev–Trinajstić information content (AvgIpc) is 2.75. The molecular formula is C21H23NO5S. The average molecular weight is 401 g/mol. The van der Waals surface area contributed by atoms with Crippen LogP contribution in [0.15, 0.2) is 35.2 Å². The molecule has 2 heterocycles. The van der Waals surface area contributed by atoms with Crippen LogP contribution >= 0.6 is 11.8 Å². The van der Waals surface area contributed by atoms with Crippen LogP contribution in [-0.2, 0) is 17.8 Å². The summed E-state index contributed by atoms with van der Waals surface area (Å²) in [5.74, 6) is 3.45. The largest absolute Gasteiger partial charge is 0.493 e. The summed E-state index contributed by atoms with van der Waals surface area (Å²) >= 11 is 1.52. The molecular weight excluding hydrogens is 378 g/mol. The van der Waals surface area contributed by atoms with Crippen molar-refractivity contribution in [2.24, 2.45) is 0 Å². The van der Waals surface area contributed by atoms with Crippen LogP contribution in [-0.4, -0.2) is 50.5 Å². The molecule has 0 radical (unpaired) electrons. The Kier molecular flexibility index (Phi) is 5.52. The number of hydrogen-bond acceptors (Lipinski definition) is 6. The van der Waals surface area contributed by atoms with Crippen LogP contribution in [0, 0.1) is 0 Å². The van der Waals surface area contributed by atoms with Crippen LogP contribution in [0.3, 0.4) is 0 Å². The second kappa shape index (κ2) is 8.22. The monoisotopic (exact) mass is 401 g/mol. The molecule has 0 bridgehead atoms. The third kappa shape index (κ3) is 3.85. The van der Waals surface area contributed by atoms with Gasteiger partial charge in [-0.05, 0) is 47.9 Å². The van der Waals surface area contributed by atoms with Gasteiger partial charge in [-0.2, -0.15) is 0 Å². The second-order valence-corrected chi connectivity index (χ2v) is 7.68. The van der Waals surface area contributed by atoms with E-state index in [-0.39, 0.29) is 5.91 Å². The molecule has 4 rings (SSSR count). The predicted molar refractivity (Wildman–Crippen MR) is 107 cm³/mol. The Morgan fingerprint density at radius 1 is 1.04 bits per heavy atom. The van der Waals surface area contributed by atoms with E-state index >= 15 is 0 Å². The Morgan fingerprint density at radius 2 is 1.75 bits per heavy atom. The van der Waals surface area contributed by atoms with Crippen molar-refractivity contribution in [3.63, 3.8) is 0 Å². The third-order valence-electron chi connectivity index (χ3n) is 4.95. The van der Waals surface area contributed by atoms with Gasteiger partial charge in [0.15, 0.2) is 23.0 Å². The van der Waals surface area contributed by atoms with Crippen molar-refractivity contribution in [1.82, 2.24) is 4.90 Å². The van der Waals surface area contributed by atoms with Crippen LogP contribution < -0.4 is 18.9 Å². The molecule has 0 aliphatic carbocycles. The zero-order valence-corrected chi connectivity index (χ0v) is 16.8. The van der Waals surface area contributed by atoms with Gasteiger partial charge in [-0.25, -0.2) is 0 Å². The van der Waals surface area contributed by atoms with Gasteiger partial charge in [-0.3, -0.25) is 4.79 Å². The molecule has 0 saturated carbocycles. The van der Waals surface area contributed by atoms with Crippen molar-refractivity contribution >= 4 is 17.7 Å². The number of benzene rings is 2. The van der Waals surface area contributed by atoms with E-state index < -0.39 is 0 Å². The van der Waals surface area contributed by atoms with E-state index in [1.807, 2.05) is 35.2 Å². The lowest BCUT2D eigenvalue weighted by Crippen LogP contribution is -2.37. The van der Waals surface area contributed by atoms with Crippen molar-refractivity contribution in [2.45, 2.75) is 17.9 Å². The van der Waals surface area contributed by atoms with Gasteiger partial charge in [0, 0.05) is 18.0 Å². The quantitative estimate of drug-likeness (QED) is 0.718. The van der Waals surface area contributed by atoms with Crippen molar-refractivity contribution in [3.05, 3.63) is 41.5 Å². The summed E-state index contributed by atoms with van der Waals surface area (Å²) in [7, 11) is 3.26. The van der Waals surface area contributed by atoms with Crippen LogP contribution in [0.4, 0.5) is 0 Å². The Balaban J connectivity index is 1.40. The van der Waals surface area contributed by atoms with Gasteiger partial charge in [-0.15, -0.1) is 11.8 Å². The zero-order valence-electron chi connectivity index (χ0n) is 16.0. The van der Waals surface area contributed by atoms with Crippen molar-refractivity contribution < 1.29 is 23.7 Å². The highest BCUT2D eigenvalue weighted by Crippen LogP contribution is 2.35. The lowest BCUT2D eigenvalue weighted by Gasteiger charge is -2.29. The molecule has 1 amide bonds. The molecule has 0 aromatic heterocycles. The number of carbonyl (C=O) groups is 1. The first-order valence-electron chi connectivity index (χ1n) is 9.22. The predicted octanol–water partition coefficient (Wildman–Crippen LogP) is 3.15. The first-order chi connectivity index (χ1) is 13.7. The first-order valence-corrected chi connectivity index (χ1v) is 10.2. The number of nitrogens with zero attached hydrogens (tertiary/aromatic N) is 1. The molecule has 2 aliphatic heterocycles. The molecule has 2 aliphatic rings. The molecule has 148 valence electrons.